The zero-order chi connectivity index (χ0) is 14.5. The van der Waals surface area contributed by atoms with Crippen molar-refractivity contribution in [3.8, 4) is 0 Å². The predicted octanol–water partition coefficient (Wildman–Crippen LogP) is 1.57. The molecule has 2 aromatic heterocycles. The molecule has 6 nitrogen and oxygen atoms in total. The van der Waals surface area contributed by atoms with Crippen LogP contribution in [0.3, 0.4) is 0 Å². The molecule has 1 saturated heterocycles. The molecule has 1 N–H and O–H groups in total. The number of piperazine rings is 1. The number of hydrogen-bond acceptors (Lipinski definition) is 5. The summed E-state index contributed by atoms with van der Waals surface area (Å²) < 4.78 is 0. The number of hydrogen-bond donors (Lipinski definition) is 1. The molecule has 0 bridgehead atoms. The van der Waals surface area contributed by atoms with Crippen molar-refractivity contribution in [2.45, 2.75) is 6.54 Å². The molecule has 0 spiro atoms. The number of rotatable bonds is 3. The molecule has 0 atom stereocenters. The van der Waals surface area contributed by atoms with Crippen LogP contribution in [0.2, 0.25) is 0 Å². The lowest BCUT2D eigenvalue weighted by atomic mass is 10.3. The highest BCUT2D eigenvalue weighted by Gasteiger charge is 2.22. The highest BCUT2D eigenvalue weighted by Crippen LogP contribution is 2.10. The number of thiophene rings is 1. The molecule has 2 amide bonds. The van der Waals surface area contributed by atoms with Crippen molar-refractivity contribution in [1.82, 2.24) is 20.2 Å². The first kappa shape index (κ1) is 13.8. The summed E-state index contributed by atoms with van der Waals surface area (Å²) in [5, 5.41) is 7.01. The van der Waals surface area contributed by atoms with Gasteiger partial charge >= 0.3 is 6.03 Å². The summed E-state index contributed by atoms with van der Waals surface area (Å²) in [4.78, 5) is 24.5. The zero-order valence-corrected chi connectivity index (χ0v) is 12.4. The normalized spacial score (nSPS) is 15.0. The highest BCUT2D eigenvalue weighted by atomic mass is 32.1. The third-order valence-electron chi connectivity index (χ3n) is 3.43. The zero-order valence-electron chi connectivity index (χ0n) is 11.6. The minimum absolute atomic E-state index is 0.00479. The topological polar surface area (TPSA) is 61.4 Å². The van der Waals surface area contributed by atoms with Crippen molar-refractivity contribution >= 4 is 23.3 Å². The number of nitrogens with zero attached hydrogens (tertiary/aromatic N) is 4. The van der Waals surface area contributed by atoms with Gasteiger partial charge in [-0.2, -0.15) is 11.3 Å². The molecule has 0 aliphatic carbocycles. The second-order valence-electron chi connectivity index (χ2n) is 4.81. The van der Waals surface area contributed by atoms with Crippen LogP contribution in [0.15, 0.2) is 35.3 Å². The van der Waals surface area contributed by atoms with Crippen LogP contribution in [-0.4, -0.2) is 47.1 Å². The lowest BCUT2D eigenvalue weighted by molar-refractivity contribution is 0.193. The van der Waals surface area contributed by atoms with Gasteiger partial charge in [-0.25, -0.2) is 14.8 Å². The Labute approximate surface area is 127 Å². The van der Waals surface area contributed by atoms with Crippen LogP contribution < -0.4 is 10.2 Å². The summed E-state index contributed by atoms with van der Waals surface area (Å²) >= 11 is 1.64. The van der Waals surface area contributed by atoms with Gasteiger partial charge in [-0.1, -0.05) is 0 Å². The summed E-state index contributed by atoms with van der Waals surface area (Å²) in [5.41, 5.74) is 1.14. The average molecular weight is 303 g/mol. The number of urea groups is 1. The molecular formula is C14H17N5OS. The van der Waals surface area contributed by atoms with E-state index in [0.717, 1.165) is 24.6 Å². The molecule has 0 aromatic carbocycles. The summed E-state index contributed by atoms with van der Waals surface area (Å²) in [6.45, 7) is 3.48. The summed E-state index contributed by atoms with van der Waals surface area (Å²) in [5.74, 6) is 0.732. The van der Waals surface area contributed by atoms with E-state index < -0.39 is 0 Å². The minimum Gasteiger partial charge on any atom is -0.337 e. The van der Waals surface area contributed by atoms with Gasteiger partial charge in [-0.05, 0) is 28.5 Å². The van der Waals surface area contributed by atoms with Gasteiger partial charge in [0.1, 0.15) is 0 Å². The second kappa shape index (κ2) is 6.53. The van der Waals surface area contributed by atoms with Crippen LogP contribution in [-0.2, 0) is 6.54 Å². The maximum atomic E-state index is 12.1. The fourth-order valence-electron chi connectivity index (χ4n) is 2.25. The molecule has 7 heteroatoms. The van der Waals surface area contributed by atoms with Crippen molar-refractivity contribution in [3.63, 3.8) is 0 Å². The van der Waals surface area contributed by atoms with E-state index in [-0.39, 0.29) is 6.03 Å². The van der Waals surface area contributed by atoms with Crippen molar-refractivity contribution in [2.75, 3.05) is 31.1 Å². The van der Waals surface area contributed by atoms with Gasteiger partial charge in [0.15, 0.2) is 0 Å². The number of nitrogens with one attached hydrogen (secondary N) is 1. The maximum Gasteiger partial charge on any atom is 0.317 e. The first-order valence-corrected chi connectivity index (χ1v) is 7.83. The first-order chi connectivity index (χ1) is 10.3. The van der Waals surface area contributed by atoms with Crippen LogP contribution in [0.25, 0.3) is 0 Å². The van der Waals surface area contributed by atoms with Crippen LogP contribution in [0.5, 0.6) is 0 Å². The van der Waals surface area contributed by atoms with Crippen LogP contribution >= 0.6 is 11.3 Å². The van der Waals surface area contributed by atoms with Crippen molar-refractivity contribution in [2.24, 2.45) is 0 Å². The molecule has 110 valence electrons. The number of aromatic nitrogens is 2. The molecule has 1 aliphatic heterocycles. The van der Waals surface area contributed by atoms with E-state index in [0.29, 0.717) is 19.6 Å². The smallest absolute Gasteiger partial charge is 0.317 e. The first-order valence-electron chi connectivity index (χ1n) is 6.89. The third-order valence-corrected chi connectivity index (χ3v) is 4.16. The molecule has 1 aliphatic rings. The fraction of sp³-hybridized carbons (Fsp3) is 0.357. The molecule has 21 heavy (non-hydrogen) atoms. The van der Waals surface area contributed by atoms with Crippen molar-refractivity contribution in [3.05, 3.63) is 40.8 Å². The average Bonchev–Trinajstić information content (AvgIpc) is 3.07. The highest BCUT2D eigenvalue weighted by molar-refractivity contribution is 7.07. The second-order valence-corrected chi connectivity index (χ2v) is 5.59. The lowest BCUT2D eigenvalue weighted by Gasteiger charge is -2.34. The van der Waals surface area contributed by atoms with Crippen LogP contribution in [0, 0.1) is 0 Å². The Bertz CT molecular complexity index is 566. The van der Waals surface area contributed by atoms with E-state index in [1.165, 1.54) is 0 Å². The van der Waals surface area contributed by atoms with Gasteiger partial charge in [-0.3, -0.25) is 0 Å². The lowest BCUT2D eigenvalue weighted by Crippen LogP contribution is -2.52. The van der Waals surface area contributed by atoms with Crippen molar-refractivity contribution < 1.29 is 4.79 Å². The summed E-state index contributed by atoms with van der Waals surface area (Å²) in [7, 11) is 0. The van der Waals surface area contributed by atoms with Gasteiger partial charge in [0.2, 0.25) is 5.95 Å². The molecular weight excluding hydrogens is 286 g/mol. The Morgan fingerprint density at radius 2 is 2.00 bits per heavy atom. The molecule has 0 unspecified atom stereocenters. The molecule has 2 aromatic rings. The van der Waals surface area contributed by atoms with Gasteiger partial charge in [0.05, 0.1) is 0 Å². The monoisotopic (exact) mass is 303 g/mol. The molecule has 1 fully saturated rings. The molecule has 3 rings (SSSR count). The number of anilines is 1. The standard InChI is InChI=1S/C14H17N5OS/c20-14(17-10-12-2-9-21-11-12)19-7-5-18(6-8-19)13-15-3-1-4-16-13/h1-4,9,11H,5-8,10H2,(H,17,20). The van der Waals surface area contributed by atoms with Gasteiger partial charge in [0.25, 0.3) is 0 Å². The van der Waals surface area contributed by atoms with Gasteiger partial charge in [0, 0.05) is 45.1 Å². The van der Waals surface area contributed by atoms with E-state index in [4.69, 9.17) is 0 Å². The Morgan fingerprint density at radius 1 is 1.24 bits per heavy atom. The van der Waals surface area contributed by atoms with E-state index in [1.54, 1.807) is 29.8 Å². The Balaban J connectivity index is 1.48. The van der Waals surface area contributed by atoms with Gasteiger partial charge in [-0.15, -0.1) is 0 Å². The van der Waals surface area contributed by atoms with Gasteiger partial charge < -0.3 is 15.1 Å². The SMILES string of the molecule is O=C(NCc1ccsc1)N1CCN(c2ncccn2)CC1. The van der Waals surface area contributed by atoms with E-state index >= 15 is 0 Å². The largest absolute Gasteiger partial charge is 0.337 e. The van der Waals surface area contributed by atoms with E-state index in [9.17, 15) is 4.79 Å². The number of amides is 2. The Hall–Kier alpha value is -2.15. The Morgan fingerprint density at radius 3 is 2.67 bits per heavy atom. The molecule has 0 saturated carbocycles. The number of carbonyl (C=O) groups excluding carboxylic acids is 1. The Kier molecular flexibility index (Phi) is 4.30. The van der Waals surface area contributed by atoms with Crippen LogP contribution in [0.4, 0.5) is 10.7 Å². The quantitative estimate of drug-likeness (QED) is 0.935. The third kappa shape index (κ3) is 3.49. The van der Waals surface area contributed by atoms with Crippen molar-refractivity contribution in [1.29, 1.82) is 0 Å². The van der Waals surface area contributed by atoms with Crippen LogP contribution in [0.1, 0.15) is 5.56 Å². The summed E-state index contributed by atoms with van der Waals surface area (Å²) in [6, 6.07) is 3.82. The molecule has 3 heterocycles. The fourth-order valence-corrected chi connectivity index (χ4v) is 2.92. The minimum atomic E-state index is -0.00479. The van der Waals surface area contributed by atoms with E-state index in [2.05, 4.69) is 20.2 Å². The molecule has 0 radical (unpaired) electrons. The summed E-state index contributed by atoms with van der Waals surface area (Å²) in [6.07, 6.45) is 3.48. The maximum absolute atomic E-state index is 12.1. The van der Waals surface area contributed by atoms with E-state index in [1.807, 2.05) is 21.7 Å². The number of carbonyl (C=O) groups is 1. The predicted molar refractivity (Wildman–Crippen MR) is 82.4 cm³/mol.